The highest BCUT2D eigenvalue weighted by atomic mass is 35.5. The van der Waals surface area contributed by atoms with Gasteiger partial charge in [0.15, 0.2) is 5.78 Å². The molecule has 0 aromatic carbocycles. The smallest absolute Gasteiger partial charge is 0.408 e. The Morgan fingerprint density at radius 3 is 2.54 bits per heavy atom. The number of halogens is 1. The molecule has 0 radical (unpaired) electrons. The van der Waals surface area contributed by atoms with Crippen molar-refractivity contribution >= 4 is 51.7 Å². The molecule has 2 N–H and O–H groups in total. The molecule has 0 aliphatic carbocycles. The molecule has 1 saturated heterocycles. The van der Waals surface area contributed by atoms with Gasteiger partial charge in [-0.3, -0.25) is 14.7 Å². The number of fused-ring (bicyclic) bond motifs is 1. The first-order valence-electron chi connectivity index (χ1n) is 12.5. The molecule has 1 aliphatic rings. The maximum absolute atomic E-state index is 12.9. The first-order chi connectivity index (χ1) is 17.5. The van der Waals surface area contributed by atoms with Crippen molar-refractivity contribution in [3.05, 3.63) is 47.4 Å². The average Bonchev–Trinajstić information content (AvgIpc) is 2.83. The Morgan fingerprint density at radius 1 is 1.16 bits per heavy atom. The number of amides is 1. The zero-order valence-corrected chi connectivity index (χ0v) is 22.6. The number of anilines is 3. The third kappa shape index (κ3) is 5.77. The van der Waals surface area contributed by atoms with Gasteiger partial charge in [-0.05, 0) is 57.9 Å². The summed E-state index contributed by atoms with van der Waals surface area (Å²) in [5.74, 6) is 0.503. The summed E-state index contributed by atoms with van der Waals surface area (Å²) in [6.07, 6.45) is 4.07. The lowest BCUT2D eigenvalue weighted by atomic mass is 9.97. The molecule has 0 saturated carbocycles. The fourth-order valence-corrected chi connectivity index (χ4v) is 4.97. The van der Waals surface area contributed by atoms with E-state index in [2.05, 4.69) is 25.2 Å². The second kappa shape index (κ2) is 10.5. The van der Waals surface area contributed by atoms with Crippen LogP contribution in [-0.2, 0) is 0 Å². The SMILES string of the molecule is CC(C)C(=O)c1cnc2ccc(Cl)nc2c1Nc1ccc(N2CCC[C@@H](N(C(=O)O)C(C)(C)C)C2)nc1. The monoisotopic (exact) mass is 524 g/mol. The third-order valence-electron chi connectivity index (χ3n) is 6.50. The Labute approximate surface area is 221 Å². The topological polar surface area (TPSA) is 112 Å². The zero-order chi connectivity index (χ0) is 26.9. The number of rotatable bonds is 6. The number of aromatic nitrogens is 3. The molecule has 9 nitrogen and oxygen atoms in total. The number of nitrogens with zero attached hydrogens (tertiary/aromatic N) is 5. The fraction of sp³-hybridized carbons (Fsp3) is 0.444. The average molecular weight is 525 g/mol. The van der Waals surface area contributed by atoms with Gasteiger partial charge in [-0.1, -0.05) is 25.4 Å². The quantitative estimate of drug-likeness (QED) is 0.298. The maximum Gasteiger partial charge on any atom is 0.408 e. The number of hydrogen-bond acceptors (Lipinski definition) is 7. The van der Waals surface area contributed by atoms with Crippen LogP contribution >= 0.6 is 11.6 Å². The molecular weight excluding hydrogens is 492 g/mol. The van der Waals surface area contributed by atoms with Gasteiger partial charge in [0.2, 0.25) is 0 Å². The van der Waals surface area contributed by atoms with E-state index in [-0.39, 0.29) is 17.7 Å². The number of ketones is 1. The summed E-state index contributed by atoms with van der Waals surface area (Å²) >= 11 is 6.17. The van der Waals surface area contributed by atoms with E-state index in [0.29, 0.717) is 39.7 Å². The number of carboxylic acid groups (broad SMARTS) is 1. The van der Waals surface area contributed by atoms with Crippen LogP contribution in [0.3, 0.4) is 0 Å². The Bertz CT molecular complexity index is 1310. The first kappa shape index (κ1) is 26.6. The van der Waals surface area contributed by atoms with Gasteiger partial charge in [0.05, 0.1) is 34.7 Å². The van der Waals surface area contributed by atoms with Gasteiger partial charge in [0, 0.05) is 30.7 Å². The predicted molar refractivity (Wildman–Crippen MR) is 146 cm³/mol. The highest BCUT2D eigenvalue weighted by Crippen LogP contribution is 2.31. The molecule has 0 spiro atoms. The van der Waals surface area contributed by atoms with Crippen molar-refractivity contribution in [2.45, 2.75) is 59.0 Å². The number of nitrogens with one attached hydrogen (secondary N) is 1. The van der Waals surface area contributed by atoms with Gasteiger partial charge < -0.3 is 15.3 Å². The third-order valence-corrected chi connectivity index (χ3v) is 6.71. The fourth-order valence-electron chi connectivity index (χ4n) is 4.82. The summed E-state index contributed by atoms with van der Waals surface area (Å²) in [5, 5.41) is 13.5. The summed E-state index contributed by atoms with van der Waals surface area (Å²) in [7, 11) is 0. The van der Waals surface area contributed by atoms with Crippen LogP contribution < -0.4 is 10.2 Å². The van der Waals surface area contributed by atoms with E-state index in [1.165, 1.54) is 0 Å². The van der Waals surface area contributed by atoms with Crippen molar-refractivity contribution in [3.8, 4) is 0 Å². The van der Waals surface area contributed by atoms with Gasteiger partial charge in [0.25, 0.3) is 0 Å². The number of hydrogen-bond donors (Lipinski definition) is 2. The van der Waals surface area contributed by atoms with Gasteiger partial charge in [0.1, 0.15) is 16.5 Å². The predicted octanol–water partition coefficient (Wildman–Crippen LogP) is 6.01. The minimum atomic E-state index is -0.906. The minimum absolute atomic E-state index is 0.0514. The summed E-state index contributed by atoms with van der Waals surface area (Å²) in [5.41, 5.74) is 2.31. The Kier molecular flexibility index (Phi) is 7.54. The molecule has 1 aliphatic heterocycles. The van der Waals surface area contributed by atoms with Crippen LogP contribution in [0.1, 0.15) is 57.8 Å². The number of carbonyl (C=O) groups is 2. The highest BCUT2D eigenvalue weighted by Gasteiger charge is 2.36. The number of piperidine rings is 1. The number of Topliss-reactive ketones (excluding diaryl/α,β-unsaturated/α-hetero) is 1. The lowest BCUT2D eigenvalue weighted by Crippen LogP contribution is -2.57. The molecule has 0 bridgehead atoms. The summed E-state index contributed by atoms with van der Waals surface area (Å²) < 4.78 is 0. The molecule has 37 heavy (non-hydrogen) atoms. The Hall–Kier alpha value is -3.46. The number of carbonyl (C=O) groups excluding carboxylic acids is 1. The molecular formula is C27H33ClN6O3. The van der Waals surface area contributed by atoms with Crippen molar-refractivity contribution in [3.63, 3.8) is 0 Å². The van der Waals surface area contributed by atoms with Crippen LogP contribution in [0.15, 0.2) is 36.7 Å². The maximum atomic E-state index is 12.9. The Balaban J connectivity index is 1.61. The van der Waals surface area contributed by atoms with Crippen LogP contribution in [0.5, 0.6) is 0 Å². The molecule has 0 unspecified atom stereocenters. The molecule has 3 aromatic rings. The molecule has 4 heterocycles. The van der Waals surface area contributed by atoms with Crippen molar-refractivity contribution < 1.29 is 14.7 Å². The summed E-state index contributed by atoms with van der Waals surface area (Å²) in [4.78, 5) is 42.1. The lowest BCUT2D eigenvalue weighted by molar-refractivity contribution is 0.0647. The lowest BCUT2D eigenvalue weighted by Gasteiger charge is -2.44. The van der Waals surface area contributed by atoms with Crippen LogP contribution in [0.2, 0.25) is 5.15 Å². The van der Waals surface area contributed by atoms with Crippen molar-refractivity contribution in [1.82, 2.24) is 19.9 Å². The van der Waals surface area contributed by atoms with Crippen LogP contribution in [-0.4, -0.2) is 61.5 Å². The van der Waals surface area contributed by atoms with E-state index in [1.807, 2.05) is 46.8 Å². The van der Waals surface area contributed by atoms with E-state index in [4.69, 9.17) is 11.6 Å². The summed E-state index contributed by atoms with van der Waals surface area (Å²) in [6.45, 7) is 10.8. The largest absolute Gasteiger partial charge is 0.465 e. The van der Waals surface area contributed by atoms with Gasteiger partial charge >= 0.3 is 6.09 Å². The van der Waals surface area contributed by atoms with E-state index in [9.17, 15) is 14.7 Å². The molecule has 1 atom stereocenters. The molecule has 1 fully saturated rings. The molecule has 1 amide bonds. The summed E-state index contributed by atoms with van der Waals surface area (Å²) in [6, 6.07) is 7.12. The molecule has 10 heteroatoms. The highest BCUT2D eigenvalue weighted by molar-refractivity contribution is 6.30. The minimum Gasteiger partial charge on any atom is -0.465 e. The van der Waals surface area contributed by atoms with Crippen LogP contribution in [0.4, 0.5) is 22.0 Å². The Morgan fingerprint density at radius 2 is 1.92 bits per heavy atom. The van der Waals surface area contributed by atoms with E-state index in [0.717, 1.165) is 25.2 Å². The second-order valence-corrected chi connectivity index (χ2v) is 11.1. The van der Waals surface area contributed by atoms with Crippen molar-refractivity contribution in [2.24, 2.45) is 5.92 Å². The van der Waals surface area contributed by atoms with E-state index < -0.39 is 11.6 Å². The normalized spacial score (nSPS) is 16.2. The van der Waals surface area contributed by atoms with Gasteiger partial charge in [-0.2, -0.15) is 0 Å². The van der Waals surface area contributed by atoms with E-state index >= 15 is 0 Å². The number of pyridine rings is 3. The van der Waals surface area contributed by atoms with Crippen LogP contribution in [0, 0.1) is 5.92 Å². The molecule has 196 valence electrons. The van der Waals surface area contributed by atoms with Crippen molar-refractivity contribution in [1.29, 1.82) is 0 Å². The van der Waals surface area contributed by atoms with Gasteiger partial charge in [-0.25, -0.2) is 14.8 Å². The first-order valence-corrected chi connectivity index (χ1v) is 12.8. The zero-order valence-electron chi connectivity index (χ0n) is 21.8. The van der Waals surface area contributed by atoms with Gasteiger partial charge in [-0.15, -0.1) is 0 Å². The van der Waals surface area contributed by atoms with Crippen LogP contribution in [0.25, 0.3) is 11.0 Å². The van der Waals surface area contributed by atoms with Crippen molar-refractivity contribution in [2.75, 3.05) is 23.3 Å². The molecule has 4 rings (SSSR count). The standard InChI is InChI=1S/C27H33ClN6O3/c1-16(2)25(35)19-14-29-20-9-10-21(28)32-24(20)23(19)31-17-8-11-22(30-13-17)33-12-6-7-18(15-33)34(26(36)37)27(3,4)5/h8-11,13-14,16,18H,6-7,12,15H2,1-5H3,(H,29,31)(H,36,37)/t18-/m1/s1. The van der Waals surface area contributed by atoms with E-state index in [1.54, 1.807) is 29.4 Å². The molecule has 3 aromatic heterocycles. The second-order valence-electron chi connectivity index (χ2n) is 10.7.